The molecule has 0 atom stereocenters. The fourth-order valence-corrected chi connectivity index (χ4v) is 3.31. The summed E-state index contributed by atoms with van der Waals surface area (Å²) in [6, 6.07) is 9.70. The van der Waals surface area contributed by atoms with Crippen molar-refractivity contribution in [2.75, 3.05) is 5.32 Å². The van der Waals surface area contributed by atoms with Gasteiger partial charge in [-0.1, -0.05) is 6.07 Å². The molecule has 0 bridgehead atoms. The summed E-state index contributed by atoms with van der Waals surface area (Å²) in [5, 5.41) is 15.6. The van der Waals surface area contributed by atoms with Gasteiger partial charge in [-0.05, 0) is 57.0 Å². The second kappa shape index (κ2) is 7.11. The minimum absolute atomic E-state index is 0.253. The number of carboxylic acid groups (broad SMARTS) is 1. The Balaban J connectivity index is 1.88. The van der Waals surface area contributed by atoms with Crippen molar-refractivity contribution in [2.45, 2.75) is 34.2 Å². The zero-order valence-electron chi connectivity index (χ0n) is 15.8. The molecule has 1 amide bonds. The lowest BCUT2D eigenvalue weighted by atomic mass is 10.1. The molecule has 3 aromatic rings. The van der Waals surface area contributed by atoms with E-state index in [4.69, 9.17) is 5.11 Å². The van der Waals surface area contributed by atoms with E-state index >= 15 is 0 Å². The number of carbonyl (C=O) groups is 2. The topological polar surface area (TPSA) is 89.2 Å². The van der Waals surface area contributed by atoms with Crippen LogP contribution in [0.1, 0.15) is 32.9 Å². The van der Waals surface area contributed by atoms with E-state index in [1.165, 1.54) is 10.9 Å². The van der Waals surface area contributed by atoms with Crippen LogP contribution in [0.15, 0.2) is 36.5 Å². The van der Waals surface area contributed by atoms with E-state index in [-0.39, 0.29) is 12.5 Å². The molecule has 0 aliphatic heterocycles. The second-order valence-corrected chi connectivity index (χ2v) is 6.71. The smallest absolute Gasteiger partial charge is 0.325 e. The molecule has 2 aromatic heterocycles. The standard InChI is InChI=1S/C20H22N4O3/c1-12-7-13(2)9-16(8-12)24-14(3)10-17(15(24)4)20(27)21-18-5-6-23(22-18)11-19(25)26/h5-10H,11H2,1-4H3,(H,25,26)(H,21,22,27). The molecule has 0 radical (unpaired) electrons. The van der Waals surface area contributed by atoms with Crippen LogP contribution in [0.5, 0.6) is 0 Å². The van der Waals surface area contributed by atoms with Crippen molar-refractivity contribution in [3.63, 3.8) is 0 Å². The van der Waals surface area contributed by atoms with Crippen molar-refractivity contribution in [3.05, 3.63) is 64.6 Å². The van der Waals surface area contributed by atoms with Crippen LogP contribution in [0.25, 0.3) is 5.69 Å². The lowest BCUT2D eigenvalue weighted by Gasteiger charge is -2.12. The van der Waals surface area contributed by atoms with Gasteiger partial charge in [0.15, 0.2) is 5.82 Å². The Bertz CT molecular complexity index is 1010. The van der Waals surface area contributed by atoms with Gasteiger partial charge in [-0.3, -0.25) is 14.3 Å². The molecule has 0 aliphatic rings. The van der Waals surface area contributed by atoms with Gasteiger partial charge in [-0.15, -0.1) is 0 Å². The molecule has 0 saturated heterocycles. The maximum absolute atomic E-state index is 12.7. The summed E-state index contributed by atoms with van der Waals surface area (Å²) in [5.41, 5.74) is 5.69. The average Bonchev–Trinajstić information content (AvgIpc) is 3.09. The molecule has 0 saturated carbocycles. The fourth-order valence-electron chi connectivity index (χ4n) is 3.31. The van der Waals surface area contributed by atoms with Gasteiger partial charge in [0.25, 0.3) is 5.91 Å². The van der Waals surface area contributed by atoms with Crippen LogP contribution in [-0.2, 0) is 11.3 Å². The van der Waals surface area contributed by atoms with Crippen molar-refractivity contribution in [1.29, 1.82) is 0 Å². The van der Waals surface area contributed by atoms with Crippen LogP contribution in [-0.4, -0.2) is 31.3 Å². The lowest BCUT2D eigenvalue weighted by Crippen LogP contribution is -2.15. The largest absolute Gasteiger partial charge is 0.480 e. The lowest BCUT2D eigenvalue weighted by molar-refractivity contribution is -0.137. The second-order valence-electron chi connectivity index (χ2n) is 6.71. The molecule has 0 spiro atoms. The third-order valence-corrected chi connectivity index (χ3v) is 4.32. The summed E-state index contributed by atoms with van der Waals surface area (Å²) in [5.74, 6) is -0.954. The molecule has 2 heterocycles. The van der Waals surface area contributed by atoms with Crippen molar-refractivity contribution in [2.24, 2.45) is 0 Å². The van der Waals surface area contributed by atoms with Crippen LogP contribution in [0.2, 0.25) is 0 Å². The van der Waals surface area contributed by atoms with E-state index in [1.807, 2.05) is 33.8 Å². The number of nitrogens with zero attached hydrogens (tertiary/aromatic N) is 3. The molecule has 27 heavy (non-hydrogen) atoms. The normalized spacial score (nSPS) is 10.8. The highest BCUT2D eigenvalue weighted by Crippen LogP contribution is 2.23. The number of rotatable bonds is 5. The van der Waals surface area contributed by atoms with Gasteiger partial charge in [0.1, 0.15) is 6.54 Å². The minimum Gasteiger partial charge on any atom is -0.480 e. The highest BCUT2D eigenvalue weighted by Gasteiger charge is 2.18. The number of aliphatic carboxylic acids is 1. The molecule has 1 aromatic carbocycles. The minimum atomic E-state index is -0.993. The number of aromatic nitrogens is 3. The van der Waals surface area contributed by atoms with Gasteiger partial charge in [0, 0.05) is 29.3 Å². The predicted molar refractivity (Wildman–Crippen MR) is 103 cm³/mol. The van der Waals surface area contributed by atoms with E-state index in [9.17, 15) is 9.59 Å². The first-order valence-electron chi connectivity index (χ1n) is 8.59. The molecular formula is C20H22N4O3. The quantitative estimate of drug-likeness (QED) is 0.725. The zero-order valence-corrected chi connectivity index (χ0v) is 15.8. The van der Waals surface area contributed by atoms with Gasteiger partial charge in [0.2, 0.25) is 0 Å². The number of aryl methyl sites for hydroxylation is 3. The van der Waals surface area contributed by atoms with Crippen molar-refractivity contribution in [3.8, 4) is 5.69 Å². The predicted octanol–water partition coefficient (Wildman–Crippen LogP) is 3.24. The summed E-state index contributed by atoms with van der Waals surface area (Å²) < 4.78 is 3.31. The monoisotopic (exact) mass is 366 g/mol. The summed E-state index contributed by atoms with van der Waals surface area (Å²) in [6.07, 6.45) is 1.52. The van der Waals surface area contributed by atoms with Gasteiger partial charge in [-0.25, -0.2) is 0 Å². The molecule has 0 aliphatic carbocycles. The van der Waals surface area contributed by atoms with E-state index in [0.29, 0.717) is 11.4 Å². The Morgan fingerprint density at radius 1 is 1.07 bits per heavy atom. The van der Waals surface area contributed by atoms with Crippen molar-refractivity contribution < 1.29 is 14.7 Å². The first-order valence-corrected chi connectivity index (χ1v) is 8.59. The van der Waals surface area contributed by atoms with E-state index < -0.39 is 5.97 Å². The number of hydrogen-bond acceptors (Lipinski definition) is 3. The number of carbonyl (C=O) groups excluding carboxylic acids is 1. The molecule has 3 rings (SSSR count). The molecule has 140 valence electrons. The maximum Gasteiger partial charge on any atom is 0.325 e. The summed E-state index contributed by atoms with van der Waals surface area (Å²) in [6.45, 7) is 7.71. The van der Waals surface area contributed by atoms with Crippen LogP contribution in [0.4, 0.5) is 5.82 Å². The van der Waals surface area contributed by atoms with Crippen LogP contribution in [0.3, 0.4) is 0 Å². The van der Waals surface area contributed by atoms with Gasteiger partial charge >= 0.3 is 5.97 Å². The van der Waals surface area contributed by atoms with E-state index in [0.717, 1.165) is 28.2 Å². The molecule has 7 heteroatoms. The molecule has 2 N–H and O–H groups in total. The number of nitrogens with one attached hydrogen (secondary N) is 1. The highest BCUT2D eigenvalue weighted by molar-refractivity contribution is 6.05. The third-order valence-electron chi connectivity index (χ3n) is 4.32. The molecule has 0 fully saturated rings. The first kappa shape index (κ1) is 18.4. The van der Waals surface area contributed by atoms with E-state index in [2.05, 4.69) is 33.2 Å². The number of hydrogen-bond donors (Lipinski definition) is 2. The Labute approximate surface area is 157 Å². The molecule has 7 nitrogen and oxygen atoms in total. The zero-order chi connectivity index (χ0) is 19.7. The maximum atomic E-state index is 12.7. The Morgan fingerprint density at radius 3 is 2.37 bits per heavy atom. The van der Waals surface area contributed by atoms with Gasteiger partial charge in [-0.2, -0.15) is 5.10 Å². The average molecular weight is 366 g/mol. The third kappa shape index (κ3) is 3.92. The SMILES string of the molecule is Cc1cc(C)cc(-n2c(C)cc(C(=O)Nc3ccn(CC(=O)O)n3)c2C)c1. The Hall–Kier alpha value is -3.35. The van der Waals surface area contributed by atoms with Crippen molar-refractivity contribution in [1.82, 2.24) is 14.3 Å². The summed E-state index contributed by atoms with van der Waals surface area (Å²) in [4.78, 5) is 23.4. The Morgan fingerprint density at radius 2 is 1.74 bits per heavy atom. The van der Waals surface area contributed by atoms with Gasteiger partial charge in [0.05, 0.1) is 5.56 Å². The number of carboxylic acids is 1. The Kier molecular flexibility index (Phi) is 4.85. The number of amides is 1. The number of benzene rings is 1. The summed E-state index contributed by atoms with van der Waals surface area (Å²) >= 11 is 0. The van der Waals surface area contributed by atoms with Crippen molar-refractivity contribution >= 4 is 17.7 Å². The number of anilines is 1. The highest BCUT2D eigenvalue weighted by atomic mass is 16.4. The van der Waals surface area contributed by atoms with Crippen LogP contribution >= 0.6 is 0 Å². The molecular weight excluding hydrogens is 344 g/mol. The fraction of sp³-hybridized carbons (Fsp3) is 0.250. The summed E-state index contributed by atoms with van der Waals surface area (Å²) in [7, 11) is 0. The van der Waals surface area contributed by atoms with Gasteiger partial charge < -0.3 is 15.0 Å². The van der Waals surface area contributed by atoms with Crippen LogP contribution in [0, 0.1) is 27.7 Å². The van der Waals surface area contributed by atoms with E-state index in [1.54, 1.807) is 6.07 Å². The molecule has 0 unspecified atom stereocenters. The first-order chi connectivity index (χ1) is 12.7. The van der Waals surface area contributed by atoms with Crippen LogP contribution < -0.4 is 5.32 Å².